The lowest BCUT2D eigenvalue weighted by molar-refractivity contribution is 0.0133. The van der Waals surface area contributed by atoms with E-state index in [1.165, 1.54) is 9.21 Å². The molecule has 0 aliphatic carbocycles. The van der Waals surface area contributed by atoms with E-state index < -0.39 is 33.8 Å². The number of benzene rings is 1. The van der Waals surface area contributed by atoms with Gasteiger partial charge in [0.2, 0.25) is 10.0 Å². The summed E-state index contributed by atoms with van der Waals surface area (Å²) in [4.78, 5) is 14.1. The Hall–Kier alpha value is -1.10. The van der Waals surface area contributed by atoms with E-state index in [1.807, 2.05) is 0 Å². The fraction of sp³-hybridized carbons (Fsp3) is 0.650. The van der Waals surface area contributed by atoms with Crippen LogP contribution in [0.25, 0.3) is 0 Å². The minimum absolute atomic E-state index is 0.188. The maximum atomic E-state index is 13.2. The second-order valence-corrected chi connectivity index (χ2v) is 11.8. The molecule has 0 aromatic heterocycles. The van der Waals surface area contributed by atoms with Gasteiger partial charge in [-0.05, 0) is 63.3 Å². The Morgan fingerprint density at radius 3 is 2.52 bits per heavy atom. The molecule has 0 radical (unpaired) electrons. The number of hydrogen-bond donors (Lipinski definition) is 2. The van der Waals surface area contributed by atoms with Gasteiger partial charge in [0.15, 0.2) is 0 Å². The summed E-state index contributed by atoms with van der Waals surface area (Å²) in [5.41, 5.74) is 3.26. The summed E-state index contributed by atoms with van der Waals surface area (Å²) in [5.74, 6) is -0.343. The molecule has 0 bridgehead atoms. The lowest BCUT2D eigenvalue weighted by atomic mass is 10.0. The molecular weight excluding hydrogens is 465 g/mol. The Labute approximate surface area is 193 Å². The Morgan fingerprint density at radius 2 is 1.90 bits per heavy atom. The first-order valence-electron chi connectivity index (χ1n) is 10.2. The predicted octanol–water partition coefficient (Wildman–Crippen LogP) is 3.43. The van der Waals surface area contributed by atoms with E-state index >= 15 is 0 Å². The lowest BCUT2D eigenvalue weighted by Gasteiger charge is -2.34. The van der Waals surface area contributed by atoms with Crippen LogP contribution < -0.4 is 5.48 Å². The lowest BCUT2D eigenvalue weighted by Crippen LogP contribution is -2.54. The molecule has 0 saturated carbocycles. The van der Waals surface area contributed by atoms with Crippen molar-refractivity contribution >= 4 is 39.3 Å². The molecule has 174 valence electrons. The number of ether oxygens (including phenoxy) is 1. The molecule has 1 amide bonds. The van der Waals surface area contributed by atoms with Crippen molar-refractivity contribution in [1.82, 2.24) is 14.7 Å². The molecule has 1 saturated heterocycles. The molecule has 1 fully saturated rings. The van der Waals surface area contributed by atoms with Gasteiger partial charge in [-0.2, -0.15) is 9.79 Å². The number of carbonyl (C=O) groups is 1. The average Bonchev–Trinajstić information content (AvgIpc) is 3.15. The molecular formula is C20H29Cl2N3O5S. The fourth-order valence-electron chi connectivity index (χ4n) is 4.09. The molecule has 11 heteroatoms. The number of hydroxylamine groups is 1. The highest BCUT2D eigenvalue weighted by Gasteiger charge is 2.40. The van der Waals surface area contributed by atoms with Crippen molar-refractivity contribution in [2.24, 2.45) is 0 Å². The second kappa shape index (κ2) is 9.41. The van der Waals surface area contributed by atoms with Gasteiger partial charge < -0.3 is 14.8 Å². The van der Waals surface area contributed by atoms with Gasteiger partial charge in [0.1, 0.15) is 5.60 Å². The highest BCUT2D eigenvalue weighted by Crippen LogP contribution is 2.31. The van der Waals surface area contributed by atoms with E-state index in [9.17, 15) is 18.4 Å². The van der Waals surface area contributed by atoms with E-state index in [0.29, 0.717) is 42.4 Å². The second-order valence-electron chi connectivity index (χ2n) is 9.02. The van der Waals surface area contributed by atoms with Crippen LogP contribution in [0, 0.1) is 0 Å². The van der Waals surface area contributed by atoms with Gasteiger partial charge in [0.05, 0.1) is 27.9 Å². The number of likely N-dealkylation sites (tertiary alicyclic amines) is 1. The monoisotopic (exact) mass is 493 g/mol. The zero-order valence-electron chi connectivity index (χ0n) is 17.9. The van der Waals surface area contributed by atoms with Crippen molar-refractivity contribution in [3.8, 4) is 0 Å². The fourth-order valence-corrected chi connectivity index (χ4v) is 6.12. The van der Waals surface area contributed by atoms with Crippen molar-refractivity contribution in [2.75, 3.05) is 18.8 Å². The summed E-state index contributed by atoms with van der Waals surface area (Å²) in [5, 5.41) is 10.6. The third-order valence-corrected chi connectivity index (χ3v) is 8.16. The van der Waals surface area contributed by atoms with E-state index in [0.717, 1.165) is 11.1 Å². The number of nitrogens with one attached hydrogen (secondary N) is 1. The van der Waals surface area contributed by atoms with E-state index in [-0.39, 0.29) is 12.3 Å². The number of carbonyl (C=O) groups excluding carboxylic acids is 1. The predicted molar refractivity (Wildman–Crippen MR) is 119 cm³/mol. The summed E-state index contributed by atoms with van der Waals surface area (Å²) >= 11 is 12.2. The summed E-state index contributed by atoms with van der Waals surface area (Å²) < 4.78 is 33.2. The Bertz CT molecular complexity index is 935. The molecule has 1 aromatic carbocycles. The standard InChI is InChI=1S/C20H29Cl2N3O5S/c1-20(2,3)30-19(26)25-7-4-5-18(25)17(23-27)12-31(28,29)24-8-6-13-9-15(21)16(22)10-14(13)11-24/h9-10,17-18,23,27H,4-8,11-12H2,1-3H3/t17-,18+/m0/s1. The van der Waals surface area contributed by atoms with Crippen molar-refractivity contribution < 1.29 is 23.2 Å². The minimum atomic E-state index is -3.73. The van der Waals surface area contributed by atoms with E-state index in [4.69, 9.17) is 27.9 Å². The van der Waals surface area contributed by atoms with E-state index in [1.54, 1.807) is 32.9 Å². The van der Waals surface area contributed by atoms with Gasteiger partial charge >= 0.3 is 6.09 Å². The maximum Gasteiger partial charge on any atom is 0.410 e. The molecule has 3 rings (SSSR count). The quantitative estimate of drug-likeness (QED) is 0.609. The minimum Gasteiger partial charge on any atom is -0.444 e. The van der Waals surface area contributed by atoms with Gasteiger partial charge in [-0.25, -0.2) is 13.2 Å². The zero-order valence-corrected chi connectivity index (χ0v) is 20.2. The third kappa shape index (κ3) is 5.83. The van der Waals surface area contributed by atoms with Crippen LogP contribution in [-0.4, -0.2) is 65.5 Å². The number of fused-ring (bicyclic) bond motifs is 1. The van der Waals surface area contributed by atoms with Crippen LogP contribution in [-0.2, 0) is 27.7 Å². The first-order valence-corrected chi connectivity index (χ1v) is 12.6. The van der Waals surface area contributed by atoms with Crippen molar-refractivity contribution in [1.29, 1.82) is 0 Å². The number of hydrogen-bond acceptors (Lipinski definition) is 6. The Kier molecular flexibility index (Phi) is 7.45. The van der Waals surface area contributed by atoms with Crippen LogP contribution in [0.3, 0.4) is 0 Å². The first kappa shape index (κ1) is 24.5. The highest BCUT2D eigenvalue weighted by molar-refractivity contribution is 7.89. The van der Waals surface area contributed by atoms with Gasteiger partial charge in [-0.15, -0.1) is 0 Å². The van der Waals surface area contributed by atoms with Crippen LogP contribution in [0.1, 0.15) is 44.7 Å². The number of rotatable bonds is 5. The largest absolute Gasteiger partial charge is 0.444 e. The SMILES string of the molecule is CC(C)(C)OC(=O)N1CCC[C@@H]1[C@H](CS(=O)(=O)N1CCc2cc(Cl)c(Cl)cc2C1)NO. The van der Waals surface area contributed by atoms with E-state index in [2.05, 4.69) is 5.48 Å². The molecule has 31 heavy (non-hydrogen) atoms. The molecule has 0 unspecified atom stereocenters. The number of amides is 1. The summed E-state index contributed by atoms with van der Waals surface area (Å²) in [6.45, 7) is 6.27. The topological polar surface area (TPSA) is 99.2 Å². The van der Waals surface area contributed by atoms with Crippen molar-refractivity contribution in [3.63, 3.8) is 0 Å². The molecule has 2 aliphatic rings. The van der Waals surface area contributed by atoms with Crippen LogP contribution in [0.15, 0.2) is 12.1 Å². The van der Waals surface area contributed by atoms with Crippen molar-refractivity contribution in [2.45, 2.75) is 64.3 Å². The van der Waals surface area contributed by atoms with Crippen LogP contribution >= 0.6 is 23.2 Å². The Balaban J connectivity index is 1.73. The van der Waals surface area contributed by atoms with Gasteiger partial charge in [-0.3, -0.25) is 0 Å². The summed E-state index contributed by atoms with van der Waals surface area (Å²) in [6.07, 6.45) is 1.30. The van der Waals surface area contributed by atoms with Crippen LogP contribution in [0.2, 0.25) is 10.0 Å². The van der Waals surface area contributed by atoms with Gasteiger partial charge in [-0.1, -0.05) is 23.2 Å². The number of halogens is 2. The normalized spacial score (nSPS) is 21.1. The first-order chi connectivity index (χ1) is 14.4. The molecule has 1 aromatic rings. The van der Waals surface area contributed by atoms with Crippen LogP contribution in [0.5, 0.6) is 0 Å². The van der Waals surface area contributed by atoms with Gasteiger partial charge in [0.25, 0.3) is 0 Å². The zero-order chi connectivity index (χ0) is 23.0. The number of nitrogens with zero attached hydrogens (tertiary/aromatic N) is 2. The maximum absolute atomic E-state index is 13.2. The molecule has 2 aliphatic heterocycles. The van der Waals surface area contributed by atoms with Crippen LogP contribution in [0.4, 0.5) is 4.79 Å². The molecule has 2 atom stereocenters. The smallest absolute Gasteiger partial charge is 0.410 e. The molecule has 8 nitrogen and oxygen atoms in total. The molecule has 2 N–H and O–H groups in total. The Morgan fingerprint density at radius 1 is 1.26 bits per heavy atom. The highest BCUT2D eigenvalue weighted by atomic mass is 35.5. The van der Waals surface area contributed by atoms with Crippen molar-refractivity contribution in [3.05, 3.63) is 33.3 Å². The average molecular weight is 494 g/mol. The summed E-state index contributed by atoms with van der Waals surface area (Å²) in [6, 6.07) is 2.15. The molecule has 2 heterocycles. The van der Waals surface area contributed by atoms with Gasteiger partial charge in [0, 0.05) is 19.6 Å². The molecule has 0 spiro atoms. The summed E-state index contributed by atoms with van der Waals surface area (Å²) in [7, 11) is -3.73. The third-order valence-electron chi connectivity index (χ3n) is 5.56. The number of sulfonamides is 1.